The summed E-state index contributed by atoms with van der Waals surface area (Å²) in [5.74, 6) is 0. The molecule has 2 aromatic heterocycles. The number of hydrogen-bond acceptors (Lipinski definition) is 2. The summed E-state index contributed by atoms with van der Waals surface area (Å²) in [7, 11) is 0. The van der Waals surface area contributed by atoms with Crippen LogP contribution < -0.4 is 4.90 Å². The topological polar surface area (TPSA) is 21.3 Å². The first kappa shape index (κ1) is 36.9. The van der Waals surface area contributed by atoms with Crippen LogP contribution in [-0.4, -0.2) is 4.57 Å². The average molecular weight is 829 g/mol. The van der Waals surface area contributed by atoms with Crippen molar-refractivity contribution in [1.82, 2.24) is 4.57 Å². The van der Waals surface area contributed by atoms with Crippen molar-refractivity contribution in [2.45, 2.75) is 0 Å². The summed E-state index contributed by atoms with van der Waals surface area (Å²) in [6.45, 7) is 0. The Kier molecular flexibility index (Phi) is 8.53. The van der Waals surface area contributed by atoms with Crippen LogP contribution in [0.5, 0.6) is 0 Å². The summed E-state index contributed by atoms with van der Waals surface area (Å²) in [6.07, 6.45) is 0. The maximum atomic E-state index is 6.78. The third-order valence-electron chi connectivity index (χ3n) is 13.1. The van der Waals surface area contributed by atoms with Crippen molar-refractivity contribution in [3.05, 3.63) is 243 Å². The molecular weight excluding hydrogens is 789 g/mol. The third-order valence-corrected chi connectivity index (χ3v) is 13.1. The van der Waals surface area contributed by atoms with E-state index in [0.717, 1.165) is 66.5 Å². The van der Waals surface area contributed by atoms with Crippen molar-refractivity contribution in [2.24, 2.45) is 0 Å². The summed E-state index contributed by atoms with van der Waals surface area (Å²) in [5.41, 5.74) is 15.5. The van der Waals surface area contributed by atoms with Gasteiger partial charge >= 0.3 is 0 Å². The highest BCUT2D eigenvalue weighted by Crippen LogP contribution is 2.47. The molecule has 11 aromatic carbocycles. The van der Waals surface area contributed by atoms with Crippen LogP contribution in [0.15, 0.2) is 247 Å². The van der Waals surface area contributed by atoms with Crippen LogP contribution in [-0.2, 0) is 0 Å². The van der Waals surface area contributed by atoms with Crippen molar-refractivity contribution >= 4 is 82.4 Å². The standard InChI is InChI=1S/C62H40N2O/c1-3-15-41(16-4-1)45-31-35-57-55(37-45)56-38-46(42-17-5-2-6-18-42)32-36-58(56)64(57)50-23-14-22-49(40-50)63(48-33-29-44(30-34-48)52-27-13-21-43-19-7-9-24-51(43)52)59-39-47-20-8-10-25-53(47)62-61(59)54-26-11-12-28-60(54)65-62/h1-40H. The molecule has 0 fully saturated rings. The molecule has 0 radical (unpaired) electrons. The van der Waals surface area contributed by atoms with Gasteiger partial charge in [-0.15, -0.1) is 0 Å². The van der Waals surface area contributed by atoms with E-state index in [0.29, 0.717) is 0 Å². The van der Waals surface area contributed by atoms with Gasteiger partial charge in [0.05, 0.1) is 22.1 Å². The monoisotopic (exact) mass is 828 g/mol. The van der Waals surface area contributed by atoms with Gasteiger partial charge < -0.3 is 13.9 Å². The largest absolute Gasteiger partial charge is 0.455 e. The Labute approximate surface area is 376 Å². The zero-order valence-electron chi connectivity index (χ0n) is 35.4. The van der Waals surface area contributed by atoms with E-state index in [4.69, 9.17) is 4.42 Å². The highest BCUT2D eigenvalue weighted by molar-refractivity contribution is 6.22. The fraction of sp³-hybridized carbons (Fsp3) is 0. The van der Waals surface area contributed by atoms with Crippen LogP contribution in [0.2, 0.25) is 0 Å². The molecule has 0 aliphatic heterocycles. The molecule has 0 saturated carbocycles. The van der Waals surface area contributed by atoms with Crippen molar-refractivity contribution in [3.63, 3.8) is 0 Å². The van der Waals surface area contributed by atoms with E-state index < -0.39 is 0 Å². The van der Waals surface area contributed by atoms with Crippen LogP contribution in [0, 0.1) is 0 Å². The van der Waals surface area contributed by atoms with Gasteiger partial charge in [-0.25, -0.2) is 0 Å². The first-order chi connectivity index (χ1) is 32.2. The number of nitrogens with zero attached hydrogens (tertiary/aromatic N) is 2. The van der Waals surface area contributed by atoms with Gasteiger partial charge in [-0.1, -0.05) is 176 Å². The summed E-state index contributed by atoms with van der Waals surface area (Å²) in [6, 6.07) is 87.8. The molecule has 65 heavy (non-hydrogen) atoms. The predicted molar refractivity (Wildman–Crippen MR) is 274 cm³/mol. The maximum absolute atomic E-state index is 6.78. The minimum absolute atomic E-state index is 0.870. The molecule has 0 aliphatic carbocycles. The van der Waals surface area contributed by atoms with Gasteiger partial charge in [-0.3, -0.25) is 0 Å². The molecule has 0 spiro atoms. The minimum Gasteiger partial charge on any atom is -0.455 e. The van der Waals surface area contributed by atoms with Crippen molar-refractivity contribution in [3.8, 4) is 39.1 Å². The molecule has 0 bridgehead atoms. The van der Waals surface area contributed by atoms with Crippen molar-refractivity contribution < 1.29 is 4.42 Å². The van der Waals surface area contributed by atoms with Crippen molar-refractivity contribution in [2.75, 3.05) is 4.90 Å². The average Bonchev–Trinajstić information content (AvgIpc) is 3.93. The second-order valence-corrected chi connectivity index (χ2v) is 16.9. The smallest absolute Gasteiger partial charge is 0.145 e. The lowest BCUT2D eigenvalue weighted by molar-refractivity contribution is 0.672. The number of aromatic nitrogens is 1. The number of furan rings is 1. The van der Waals surface area contributed by atoms with Gasteiger partial charge in [0.25, 0.3) is 0 Å². The molecular formula is C62H40N2O. The molecule has 2 heterocycles. The van der Waals surface area contributed by atoms with Crippen LogP contribution in [0.25, 0.3) is 104 Å². The summed E-state index contributed by atoms with van der Waals surface area (Å²) < 4.78 is 9.21. The Morgan fingerprint density at radius 3 is 1.62 bits per heavy atom. The van der Waals surface area contributed by atoms with E-state index >= 15 is 0 Å². The van der Waals surface area contributed by atoms with Gasteiger partial charge in [-0.05, 0) is 116 Å². The van der Waals surface area contributed by atoms with Crippen molar-refractivity contribution in [1.29, 1.82) is 0 Å². The minimum atomic E-state index is 0.870. The summed E-state index contributed by atoms with van der Waals surface area (Å²) in [4.78, 5) is 2.42. The van der Waals surface area contributed by atoms with E-state index in [-0.39, 0.29) is 0 Å². The lowest BCUT2D eigenvalue weighted by atomic mass is 9.97. The quantitative estimate of drug-likeness (QED) is 0.160. The molecule has 0 N–H and O–H groups in total. The van der Waals surface area contributed by atoms with Crippen LogP contribution in [0.3, 0.4) is 0 Å². The van der Waals surface area contributed by atoms with E-state index in [2.05, 4.69) is 252 Å². The number of hydrogen-bond donors (Lipinski definition) is 0. The highest BCUT2D eigenvalue weighted by Gasteiger charge is 2.23. The number of fused-ring (bicyclic) bond motifs is 9. The SMILES string of the molecule is c1ccc(-c2ccc3c(c2)c2cc(-c4ccccc4)ccc2n3-c2cccc(N(c3ccc(-c4cccc5ccccc45)cc3)c3cc4ccccc4c4oc5ccccc5c34)c2)cc1. The van der Waals surface area contributed by atoms with Gasteiger partial charge in [-0.2, -0.15) is 0 Å². The maximum Gasteiger partial charge on any atom is 0.145 e. The molecule has 3 nitrogen and oxygen atoms in total. The molecule has 0 saturated heterocycles. The Morgan fingerprint density at radius 2 is 0.908 bits per heavy atom. The molecule has 0 atom stereocenters. The first-order valence-corrected chi connectivity index (χ1v) is 22.2. The molecule has 13 rings (SSSR count). The number of benzene rings is 11. The van der Waals surface area contributed by atoms with Crippen LogP contribution in [0.1, 0.15) is 0 Å². The zero-order chi connectivity index (χ0) is 42.8. The third kappa shape index (κ3) is 6.12. The second-order valence-electron chi connectivity index (χ2n) is 16.9. The van der Waals surface area contributed by atoms with Gasteiger partial charge in [0, 0.05) is 38.6 Å². The first-order valence-electron chi connectivity index (χ1n) is 22.2. The van der Waals surface area contributed by atoms with E-state index in [1.54, 1.807) is 0 Å². The molecule has 0 aliphatic rings. The molecule has 13 aromatic rings. The Morgan fingerprint density at radius 1 is 0.338 bits per heavy atom. The zero-order valence-corrected chi connectivity index (χ0v) is 35.4. The summed E-state index contributed by atoms with van der Waals surface area (Å²) >= 11 is 0. The van der Waals surface area contributed by atoms with Gasteiger partial charge in [0.1, 0.15) is 11.2 Å². The normalized spacial score (nSPS) is 11.7. The van der Waals surface area contributed by atoms with Crippen LogP contribution in [0.4, 0.5) is 17.1 Å². The number of para-hydroxylation sites is 1. The molecule has 0 unspecified atom stereocenters. The van der Waals surface area contributed by atoms with E-state index in [9.17, 15) is 0 Å². The lowest BCUT2D eigenvalue weighted by Crippen LogP contribution is -2.11. The van der Waals surface area contributed by atoms with E-state index in [1.807, 2.05) is 0 Å². The molecule has 3 heteroatoms. The summed E-state index contributed by atoms with van der Waals surface area (Å²) in [5, 5.41) is 9.29. The number of anilines is 3. The van der Waals surface area contributed by atoms with Gasteiger partial charge in [0.2, 0.25) is 0 Å². The number of rotatable bonds is 7. The fourth-order valence-electron chi connectivity index (χ4n) is 10.1. The predicted octanol–water partition coefficient (Wildman–Crippen LogP) is 17.5. The Hall–Kier alpha value is -8.66. The van der Waals surface area contributed by atoms with E-state index in [1.165, 1.54) is 54.9 Å². The Bertz CT molecular complexity index is 3840. The lowest BCUT2D eigenvalue weighted by Gasteiger charge is -2.27. The van der Waals surface area contributed by atoms with Crippen LogP contribution >= 0.6 is 0 Å². The van der Waals surface area contributed by atoms with Gasteiger partial charge in [0.15, 0.2) is 0 Å². The highest BCUT2D eigenvalue weighted by atomic mass is 16.3. The fourth-order valence-corrected chi connectivity index (χ4v) is 10.1. The molecule has 304 valence electrons. The Balaban J connectivity index is 1.05. The second kappa shape index (κ2) is 15.0. The molecule has 0 amide bonds.